The second-order valence-corrected chi connectivity index (χ2v) is 18.6. The molecule has 4 aromatic heterocycles. The molecule has 3 N–H and O–H groups in total. The fourth-order valence-corrected chi connectivity index (χ4v) is 10.6. The molecule has 1 aliphatic carbocycles. The molecule has 1 aromatic carbocycles. The third-order valence-electron chi connectivity index (χ3n) is 14.5. The normalized spacial score (nSPS) is 22.1. The van der Waals surface area contributed by atoms with Gasteiger partial charge in [0.25, 0.3) is 0 Å². The predicted molar refractivity (Wildman–Crippen MR) is 243 cm³/mol. The number of nitriles is 1. The van der Waals surface area contributed by atoms with E-state index in [0.717, 1.165) is 123 Å². The van der Waals surface area contributed by atoms with Crippen LogP contribution in [0.3, 0.4) is 0 Å². The largest absolute Gasteiger partial charge is 0.374 e. The molecule has 0 spiro atoms. The van der Waals surface area contributed by atoms with Crippen molar-refractivity contribution in [2.75, 3.05) is 36.4 Å². The van der Waals surface area contributed by atoms with Crippen LogP contribution < -0.4 is 20.9 Å². The third-order valence-corrected chi connectivity index (χ3v) is 14.5. The van der Waals surface area contributed by atoms with E-state index >= 15 is 4.39 Å². The van der Waals surface area contributed by atoms with Gasteiger partial charge in [0.05, 0.1) is 34.9 Å². The van der Waals surface area contributed by atoms with E-state index in [1.165, 1.54) is 6.07 Å². The molecule has 0 bridgehead atoms. The topological polar surface area (TPSA) is 166 Å². The van der Waals surface area contributed by atoms with Crippen LogP contribution in [0.25, 0.3) is 27.8 Å². The zero-order valence-electron chi connectivity index (χ0n) is 37.0. The maximum Gasteiger partial charge on any atom is 0.249 e. The van der Waals surface area contributed by atoms with Crippen LogP contribution >= 0.6 is 0 Å². The molecule has 4 aliphatic rings. The Labute approximate surface area is 373 Å². The first kappa shape index (κ1) is 43.1. The highest BCUT2D eigenvalue weighted by Gasteiger charge is 2.40. The van der Waals surface area contributed by atoms with Crippen LogP contribution in [0.15, 0.2) is 67.4 Å². The standard InChI is InChI=1S/C49H58FN11O3/c1-4-49(48(64)55-31(2)3)17-21-59(22-18-49)44-13-5-33(26-52-44)41-23-34(29-61-46(41)35(25-51)27-54-61)36-28-53-60(30-36)39-9-7-38(8-10-39)58-19-15-32(16-20-58)40-11-6-37(24-42(40)50)56-43-12-14-45(62)57-47(43)63/h5-6,11,13,23-24,26-32,38-39,43,56H,4,7-10,12,14-22H2,1-3H3,(H,55,64)(H,57,62,63)/t38-,39-,43-/m1/s1. The van der Waals surface area contributed by atoms with Crippen LogP contribution in [-0.2, 0) is 14.4 Å². The maximum absolute atomic E-state index is 15.4. The van der Waals surface area contributed by atoms with E-state index in [0.29, 0.717) is 29.8 Å². The number of pyridine rings is 2. The summed E-state index contributed by atoms with van der Waals surface area (Å²) in [5.41, 5.74) is 5.85. The Morgan fingerprint density at radius 3 is 2.34 bits per heavy atom. The number of hydrogen-bond donors (Lipinski definition) is 3. The minimum Gasteiger partial charge on any atom is -0.374 e. The highest BCUT2D eigenvalue weighted by molar-refractivity contribution is 6.01. The molecule has 15 heteroatoms. The van der Waals surface area contributed by atoms with Crippen molar-refractivity contribution in [2.24, 2.45) is 5.41 Å². The Morgan fingerprint density at radius 2 is 1.67 bits per heavy atom. The first-order valence-corrected chi connectivity index (χ1v) is 23.1. The van der Waals surface area contributed by atoms with Gasteiger partial charge in [0, 0.05) is 78.1 Å². The molecule has 4 fully saturated rings. The summed E-state index contributed by atoms with van der Waals surface area (Å²) in [7, 11) is 0. The zero-order valence-corrected chi connectivity index (χ0v) is 37.0. The molecule has 0 unspecified atom stereocenters. The van der Waals surface area contributed by atoms with E-state index < -0.39 is 6.04 Å². The second kappa shape index (κ2) is 18.2. The van der Waals surface area contributed by atoms with Crippen LogP contribution in [-0.4, -0.2) is 91.3 Å². The lowest BCUT2D eigenvalue weighted by molar-refractivity contribution is -0.134. The minimum absolute atomic E-state index is 0.114. The van der Waals surface area contributed by atoms with Gasteiger partial charge in [0.2, 0.25) is 17.7 Å². The molecule has 64 heavy (non-hydrogen) atoms. The number of likely N-dealkylation sites (tertiary alicyclic amines) is 1. The number of carbonyl (C=O) groups is 3. The van der Waals surface area contributed by atoms with Crippen molar-refractivity contribution in [1.29, 1.82) is 5.26 Å². The van der Waals surface area contributed by atoms with Crippen molar-refractivity contribution in [2.45, 2.75) is 121 Å². The molecule has 7 heterocycles. The first-order chi connectivity index (χ1) is 31.0. The van der Waals surface area contributed by atoms with Gasteiger partial charge in [-0.1, -0.05) is 13.0 Å². The summed E-state index contributed by atoms with van der Waals surface area (Å²) in [6, 6.07) is 14.1. The summed E-state index contributed by atoms with van der Waals surface area (Å²) in [4.78, 5) is 46.5. The number of nitrogens with zero attached hydrogens (tertiary/aromatic N) is 8. The number of anilines is 2. The van der Waals surface area contributed by atoms with Gasteiger partial charge in [-0.2, -0.15) is 15.5 Å². The van der Waals surface area contributed by atoms with E-state index in [-0.39, 0.29) is 47.3 Å². The fourth-order valence-electron chi connectivity index (χ4n) is 10.6. The minimum atomic E-state index is -0.544. The molecule has 1 saturated carbocycles. The smallest absolute Gasteiger partial charge is 0.249 e. The lowest BCUT2D eigenvalue weighted by atomic mass is 9.75. The predicted octanol–water partition coefficient (Wildman–Crippen LogP) is 7.37. The molecule has 3 saturated heterocycles. The molecular weight excluding hydrogens is 810 g/mol. The Morgan fingerprint density at radius 1 is 0.906 bits per heavy atom. The quantitative estimate of drug-likeness (QED) is 0.114. The maximum atomic E-state index is 15.4. The van der Waals surface area contributed by atoms with Gasteiger partial charge in [-0.3, -0.25) is 24.4 Å². The van der Waals surface area contributed by atoms with Gasteiger partial charge in [-0.15, -0.1) is 0 Å². The fraction of sp³-hybridized carbons (Fsp3) is 0.490. The number of benzene rings is 1. The van der Waals surface area contributed by atoms with Gasteiger partial charge in [0.15, 0.2) is 0 Å². The van der Waals surface area contributed by atoms with Crippen LogP contribution in [0.1, 0.15) is 114 Å². The molecule has 3 aliphatic heterocycles. The SMILES string of the molecule is CCC1(C(=O)NC(C)C)CCN(c2ccc(-c3cc(-c4cnn([C@H]5CC[C@H](N6CCC(c7ccc(N[C@@H]8CCC(=O)NC8=O)cc7F)CC6)CC5)c4)cn4ncc(C#N)c34)cn2)CC1. The van der Waals surface area contributed by atoms with Crippen LogP contribution in [0, 0.1) is 22.6 Å². The molecular formula is C49H58FN11O3. The van der Waals surface area contributed by atoms with Crippen LogP contribution in [0.5, 0.6) is 0 Å². The lowest BCUT2D eigenvalue weighted by Gasteiger charge is -2.41. The molecule has 334 valence electrons. The Balaban J connectivity index is 0.816. The number of imide groups is 1. The average molecular weight is 868 g/mol. The summed E-state index contributed by atoms with van der Waals surface area (Å²) in [6.45, 7) is 9.49. The number of halogens is 1. The lowest BCUT2D eigenvalue weighted by Crippen LogP contribution is -2.50. The van der Waals surface area contributed by atoms with E-state index in [2.05, 4.69) is 66.9 Å². The monoisotopic (exact) mass is 867 g/mol. The van der Waals surface area contributed by atoms with Gasteiger partial charge >= 0.3 is 0 Å². The number of rotatable bonds is 11. The van der Waals surface area contributed by atoms with Crippen molar-refractivity contribution < 1.29 is 18.8 Å². The zero-order chi connectivity index (χ0) is 44.5. The van der Waals surface area contributed by atoms with Crippen molar-refractivity contribution in [3.05, 3.63) is 84.3 Å². The summed E-state index contributed by atoms with van der Waals surface area (Å²) in [5.74, 6) is 0.280. The summed E-state index contributed by atoms with van der Waals surface area (Å²) in [6.07, 6.45) is 18.5. The molecule has 1 atom stereocenters. The Bertz CT molecular complexity index is 2550. The number of amides is 3. The van der Waals surface area contributed by atoms with Crippen molar-refractivity contribution >= 4 is 34.7 Å². The van der Waals surface area contributed by atoms with Gasteiger partial charge < -0.3 is 20.4 Å². The number of nitrogens with one attached hydrogen (secondary N) is 3. The highest BCUT2D eigenvalue weighted by atomic mass is 19.1. The highest BCUT2D eigenvalue weighted by Crippen LogP contribution is 2.39. The van der Waals surface area contributed by atoms with Crippen molar-refractivity contribution in [3.8, 4) is 28.3 Å². The van der Waals surface area contributed by atoms with Gasteiger partial charge in [-0.05, 0) is 133 Å². The Kier molecular flexibility index (Phi) is 12.2. The molecule has 14 nitrogen and oxygen atoms in total. The second-order valence-electron chi connectivity index (χ2n) is 18.6. The molecule has 5 aromatic rings. The number of piperidine rings is 3. The van der Waals surface area contributed by atoms with Crippen LogP contribution in [0.4, 0.5) is 15.9 Å². The van der Waals surface area contributed by atoms with E-state index in [4.69, 9.17) is 10.1 Å². The number of carbonyl (C=O) groups excluding carboxylic acids is 3. The van der Waals surface area contributed by atoms with Crippen molar-refractivity contribution in [1.82, 2.24) is 39.9 Å². The van der Waals surface area contributed by atoms with Crippen molar-refractivity contribution in [3.63, 3.8) is 0 Å². The molecule has 3 amide bonds. The van der Waals surface area contributed by atoms with E-state index in [9.17, 15) is 19.6 Å². The first-order valence-electron chi connectivity index (χ1n) is 23.1. The third kappa shape index (κ3) is 8.72. The number of fused-ring (bicyclic) bond motifs is 1. The molecule has 9 rings (SSSR count). The average Bonchev–Trinajstić information content (AvgIpc) is 3.98. The van der Waals surface area contributed by atoms with E-state index in [1.54, 1.807) is 10.7 Å². The number of aromatic nitrogens is 5. The van der Waals surface area contributed by atoms with Gasteiger partial charge in [-0.25, -0.2) is 13.9 Å². The molecule has 0 radical (unpaired) electrons. The van der Waals surface area contributed by atoms with Crippen LogP contribution in [0.2, 0.25) is 0 Å². The van der Waals surface area contributed by atoms with E-state index in [1.807, 2.05) is 50.6 Å². The summed E-state index contributed by atoms with van der Waals surface area (Å²) < 4.78 is 19.3. The Hall–Kier alpha value is -6.14. The van der Waals surface area contributed by atoms with Gasteiger partial charge in [0.1, 0.15) is 23.7 Å². The summed E-state index contributed by atoms with van der Waals surface area (Å²) in [5, 5.41) is 28.0. The summed E-state index contributed by atoms with van der Waals surface area (Å²) >= 11 is 0. The number of hydrogen-bond acceptors (Lipinski definition) is 10.